The molecule has 0 amide bonds. The Balaban J connectivity index is 0. The molecule has 2 heteroatoms. The highest BCUT2D eigenvalue weighted by atomic mass is 127. The smallest absolute Gasteiger partial charge is 0.105 e. The Morgan fingerprint density at radius 2 is 1.12 bits per heavy atom. The molecule has 0 aromatic heterocycles. The van der Waals surface area contributed by atoms with Crippen molar-refractivity contribution in [2.75, 3.05) is 17.3 Å². The molecule has 0 saturated heterocycles. The Hall–Kier alpha value is 1.08. The van der Waals surface area contributed by atoms with Gasteiger partial charge in [0.1, 0.15) is 17.3 Å². The predicted octanol–water partition coefficient (Wildman–Crippen LogP) is -1.33. The van der Waals surface area contributed by atoms with E-state index in [9.17, 15) is 0 Å². The molecule has 0 saturated carbocycles. The average Bonchev–Trinajstić information content (AvgIpc) is 1.72. The third-order valence-corrected chi connectivity index (χ3v) is 3.67. The fourth-order valence-corrected chi connectivity index (χ4v) is 1.84. The second-order valence-electron chi connectivity index (χ2n) is 1.48. The van der Waals surface area contributed by atoms with E-state index in [0.29, 0.717) is 0 Å². The maximum atomic E-state index is 2.27. The lowest BCUT2D eigenvalue weighted by Crippen LogP contribution is -3.00. The molecule has 0 aliphatic rings. The van der Waals surface area contributed by atoms with Crippen molar-refractivity contribution >= 4 is 10.9 Å². The van der Waals surface area contributed by atoms with Gasteiger partial charge in [-0.15, -0.1) is 0 Å². The van der Waals surface area contributed by atoms with Gasteiger partial charge in [0.05, 0.1) is 0 Å². The molecule has 0 spiro atoms. The van der Waals surface area contributed by atoms with Crippen molar-refractivity contribution in [1.29, 1.82) is 0 Å². The lowest BCUT2D eigenvalue weighted by molar-refractivity contribution is -0.00000167. The largest absolute Gasteiger partial charge is 1.00 e. The third kappa shape index (κ3) is 5.22. The van der Waals surface area contributed by atoms with Crippen LogP contribution in [0.1, 0.15) is 20.8 Å². The van der Waals surface area contributed by atoms with Crippen molar-refractivity contribution in [2.24, 2.45) is 0 Å². The summed E-state index contributed by atoms with van der Waals surface area (Å²) in [5, 5.41) is 0. The minimum atomic E-state index is 0. The molecule has 0 aromatic rings. The van der Waals surface area contributed by atoms with E-state index >= 15 is 0 Å². The summed E-state index contributed by atoms with van der Waals surface area (Å²) in [4.78, 5) is 0. The Kier molecular flexibility index (Phi) is 11.9. The van der Waals surface area contributed by atoms with Gasteiger partial charge in [0.2, 0.25) is 0 Å². The normalized spacial score (nSPS) is 9.00. The molecule has 0 N–H and O–H groups in total. The second kappa shape index (κ2) is 8.08. The SMILES string of the molecule is CC[S+](CC)CC.[I-]. The van der Waals surface area contributed by atoms with Gasteiger partial charge in [-0.1, -0.05) is 0 Å². The molecule has 52 valence electrons. The molecule has 0 unspecified atom stereocenters. The van der Waals surface area contributed by atoms with Gasteiger partial charge < -0.3 is 24.0 Å². The summed E-state index contributed by atoms with van der Waals surface area (Å²) in [6.07, 6.45) is 0. The van der Waals surface area contributed by atoms with Crippen LogP contribution in [0.4, 0.5) is 0 Å². The molecular formula is C6H15IS. The number of halogens is 1. The van der Waals surface area contributed by atoms with Crippen molar-refractivity contribution in [3.63, 3.8) is 0 Å². The molecule has 0 bridgehead atoms. The lowest BCUT2D eigenvalue weighted by Gasteiger charge is -1.96. The van der Waals surface area contributed by atoms with Crippen LogP contribution >= 0.6 is 0 Å². The van der Waals surface area contributed by atoms with Crippen LogP contribution in [0, 0.1) is 0 Å². The lowest BCUT2D eigenvalue weighted by atomic mass is 10.9. The first-order valence-electron chi connectivity index (χ1n) is 2.99. The van der Waals surface area contributed by atoms with Crippen molar-refractivity contribution in [2.45, 2.75) is 20.8 Å². The Morgan fingerprint density at radius 1 is 0.875 bits per heavy atom. The van der Waals surface area contributed by atoms with Gasteiger partial charge in [0, 0.05) is 0 Å². The predicted molar refractivity (Wildman–Crippen MR) is 39.0 cm³/mol. The fraction of sp³-hybridized carbons (Fsp3) is 1.00. The summed E-state index contributed by atoms with van der Waals surface area (Å²) in [6.45, 7) is 6.82. The van der Waals surface area contributed by atoms with Crippen molar-refractivity contribution < 1.29 is 24.0 Å². The highest BCUT2D eigenvalue weighted by molar-refractivity contribution is 7.96. The molecule has 0 radical (unpaired) electrons. The third-order valence-electron chi connectivity index (χ3n) is 1.22. The van der Waals surface area contributed by atoms with E-state index in [2.05, 4.69) is 20.8 Å². The van der Waals surface area contributed by atoms with Crippen LogP contribution in [0.2, 0.25) is 0 Å². The molecule has 0 aromatic carbocycles. The standard InChI is InChI=1S/C6H15S.HI/c1-4-7(5-2)6-3;/h4-6H2,1-3H3;1H/q+1;/p-1. The Labute approximate surface area is 72.8 Å². The monoisotopic (exact) mass is 246 g/mol. The van der Waals surface area contributed by atoms with Crippen molar-refractivity contribution in [3.8, 4) is 0 Å². The molecule has 0 heterocycles. The maximum Gasteiger partial charge on any atom is 0.105 e. The van der Waals surface area contributed by atoms with Gasteiger partial charge in [-0.05, 0) is 31.7 Å². The van der Waals surface area contributed by atoms with Gasteiger partial charge in [-0.2, -0.15) is 0 Å². The maximum absolute atomic E-state index is 2.27. The number of hydrogen-bond acceptors (Lipinski definition) is 0. The minimum Gasteiger partial charge on any atom is -1.00 e. The van der Waals surface area contributed by atoms with Crippen molar-refractivity contribution in [3.05, 3.63) is 0 Å². The first-order valence-corrected chi connectivity index (χ1v) is 4.72. The molecule has 0 rings (SSSR count). The Bertz CT molecular complexity index is 30.0. The summed E-state index contributed by atoms with van der Waals surface area (Å²) in [5.41, 5.74) is 0. The van der Waals surface area contributed by atoms with Gasteiger partial charge in [0.25, 0.3) is 0 Å². The molecule has 8 heavy (non-hydrogen) atoms. The fourth-order valence-electron chi connectivity index (χ4n) is 0.612. The topological polar surface area (TPSA) is 0 Å². The zero-order chi connectivity index (χ0) is 5.70. The molecule has 0 fully saturated rings. The van der Waals surface area contributed by atoms with Crippen LogP contribution in [-0.4, -0.2) is 17.3 Å². The van der Waals surface area contributed by atoms with E-state index in [1.807, 2.05) is 0 Å². The summed E-state index contributed by atoms with van der Waals surface area (Å²) in [6, 6.07) is 0. The molecule has 0 aliphatic carbocycles. The van der Waals surface area contributed by atoms with Crippen molar-refractivity contribution in [1.82, 2.24) is 0 Å². The van der Waals surface area contributed by atoms with Gasteiger partial charge in [-0.3, -0.25) is 0 Å². The van der Waals surface area contributed by atoms with E-state index in [-0.39, 0.29) is 24.0 Å². The minimum absolute atomic E-state index is 0. The van der Waals surface area contributed by atoms with E-state index < -0.39 is 0 Å². The quantitative estimate of drug-likeness (QED) is 0.427. The Morgan fingerprint density at radius 3 is 1.12 bits per heavy atom. The zero-order valence-corrected chi connectivity index (χ0v) is 8.88. The van der Waals surface area contributed by atoms with Gasteiger partial charge in [-0.25, -0.2) is 0 Å². The van der Waals surface area contributed by atoms with Crippen LogP contribution < -0.4 is 24.0 Å². The first-order chi connectivity index (χ1) is 3.35. The van der Waals surface area contributed by atoms with Crippen LogP contribution in [-0.2, 0) is 10.9 Å². The van der Waals surface area contributed by atoms with Crippen LogP contribution in [0.25, 0.3) is 0 Å². The summed E-state index contributed by atoms with van der Waals surface area (Å²) in [7, 11) is 0.755. The number of rotatable bonds is 3. The highest BCUT2D eigenvalue weighted by Gasteiger charge is 2.05. The summed E-state index contributed by atoms with van der Waals surface area (Å²) < 4.78 is 0. The number of hydrogen-bond donors (Lipinski definition) is 0. The second-order valence-corrected chi connectivity index (χ2v) is 4.44. The highest BCUT2D eigenvalue weighted by Crippen LogP contribution is 1.92. The van der Waals surface area contributed by atoms with E-state index in [4.69, 9.17) is 0 Å². The summed E-state index contributed by atoms with van der Waals surface area (Å²) >= 11 is 0. The summed E-state index contributed by atoms with van der Waals surface area (Å²) in [5.74, 6) is 4.15. The molecule has 0 aliphatic heterocycles. The molecular weight excluding hydrogens is 231 g/mol. The van der Waals surface area contributed by atoms with Crippen LogP contribution in [0.5, 0.6) is 0 Å². The van der Waals surface area contributed by atoms with Gasteiger partial charge >= 0.3 is 0 Å². The van der Waals surface area contributed by atoms with Crippen LogP contribution in [0.15, 0.2) is 0 Å². The zero-order valence-electron chi connectivity index (χ0n) is 5.91. The molecule has 0 nitrogen and oxygen atoms in total. The van der Waals surface area contributed by atoms with E-state index in [1.54, 1.807) is 0 Å². The van der Waals surface area contributed by atoms with Crippen LogP contribution in [0.3, 0.4) is 0 Å². The van der Waals surface area contributed by atoms with E-state index in [0.717, 1.165) is 10.9 Å². The van der Waals surface area contributed by atoms with Gasteiger partial charge in [0.15, 0.2) is 0 Å². The van der Waals surface area contributed by atoms with E-state index in [1.165, 1.54) is 17.3 Å². The average molecular weight is 246 g/mol. The molecule has 0 atom stereocenters. The first kappa shape index (κ1) is 11.8.